The highest BCUT2D eigenvalue weighted by Gasteiger charge is 2.21. The Bertz CT molecular complexity index is 1090. The zero-order valence-corrected chi connectivity index (χ0v) is 19.7. The fourth-order valence-electron chi connectivity index (χ4n) is 4.30. The number of hydrogen-bond acceptors (Lipinski definition) is 4. The third-order valence-electron chi connectivity index (χ3n) is 6.17. The van der Waals surface area contributed by atoms with Gasteiger partial charge in [-0.25, -0.2) is 4.68 Å². The van der Waals surface area contributed by atoms with Crippen molar-refractivity contribution in [1.29, 1.82) is 0 Å². The number of benzene rings is 2. The molecule has 1 amide bonds. The Hall–Kier alpha value is -2.83. The predicted octanol–water partition coefficient (Wildman–Crippen LogP) is 4.47. The highest BCUT2D eigenvalue weighted by Crippen LogP contribution is 2.30. The molecule has 1 aliphatic rings. The number of piperazine rings is 1. The number of aryl methyl sites for hydroxylation is 1. The van der Waals surface area contributed by atoms with Crippen molar-refractivity contribution in [1.82, 2.24) is 14.7 Å². The number of aromatic nitrogens is 2. The molecule has 1 fully saturated rings. The van der Waals surface area contributed by atoms with E-state index in [0.717, 1.165) is 66.7 Å². The molecule has 4 rings (SSSR count). The minimum atomic E-state index is -0.0699. The molecule has 0 spiro atoms. The molecule has 2 heterocycles. The summed E-state index contributed by atoms with van der Waals surface area (Å²) in [7, 11) is 0. The zero-order chi connectivity index (χ0) is 22.7. The fraction of sp³-hybridized carbons (Fsp3) is 0.360. The summed E-state index contributed by atoms with van der Waals surface area (Å²) >= 11 is 6.28. The lowest BCUT2D eigenvalue weighted by Gasteiger charge is -2.36. The Kier molecular flexibility index (Phi) is 6.82. The van der Waals surface area contributed by atoms with E-state index in [1.807, 2.05) is 67.1 Å². The molecule has 0 saturated carbocycles. The predicted molar refractivity (Wildman–Crippen MR) is 131 cm³/mol. The van der Waals surface area contributed by atoms with Crippen molar-refractivity contribution in [3.63, 3.8) is 0 Å². The van der Waals surface area contributed by atoms with Crippen molar-refractivity contribution in [2.45, 2.75) is 27.2 Å². The first kappa shape index (κ1) is 22.4. The Morgan fingerprint density at radius 1 is 1.06 bits per heavy atom. The van der Waals surface area contributed by atoms with Crippen molar-refractivity contribution in [2.75, 3.05) is 42.9 Å². The van der Waals surface area contributed by atoms with E-state index in [1.165, 1.54) is 0 Å². The molecule has 0 bridgehead atoms. The molecular weight excluding hydrogens is 422 g/mol. The third kappa shape index (κ3) is 4.81. The number of rotatable bonds is 6. The van der Waals surface area contributed by atoms with Crippen LogP contribution in [0.15, 0.2) is 48.5 Å². The van der Waals surface area contributed by atoms with Gasteiger partial charge in [0.15, 0.2) is 0 Å². The summed E-state index contributed by atoms with van der Waals surface area (Å²) in [5.74, 6) is -0.0699. The van der Waals surface area contributed by atoms with E-state index < -0.39 is 0 Å². The maximum absolute atomic E-state index is 13.1. The van der Waals surface area contributed by atoms with Crippen molar-refractivity contribution in [2.24, 2.45) is 0 Å². The Morgan fingerprint density at radius 2 is 1.78 bits per heavy atom. The van der Waals surface area contributed by atoms with E-state index >= 15 is 0 Å². The summed E-state index contributed by atoms with van der Waals surface area (Å²) in [5, 5.41) is 8.39. The smallest absolute Gasteiger partial charge is 0.228 e. The van der Waals surface area contributed by atoms with Gasteiger partial charge in [-0.3, -0.25) is 4.79 Å². The van der Waals surface area contributed by atoms with Crippen LogP contribution in [0.3, 0.4) is 0 Å². The normalized spacial score (nSPS) is 14.6. The summed E-state index contributed by atoms with van der Waals surface area (Å²) in [4.78, 5) is 17.8. The fourth-order valence-corrected chi connectivity index (χ4v) is 4.47. The van der Waals surface area contributed by atoms with E-state index in [4.69, 9.17) is 11.6 Å². The molecule has 0 unspecified atom stereocenters. The van der Waals surface area contributed by atoms with Crippen molar-refractivity contribution in [3.8, 4) is 5.69 Å². The first-order chi connectivity index (χ1) is 15.5. The topological polar surface area (TPSA) is 53.4 Å². The molecule has 1 aromatic heterocycles. The van der Waals surface area contributed by atoms with Gasteiger partial charge in [0, 0.05) is 42.5 Å². The summed E-state index contributed by atoms with van der Waals surface area (Å²) in [6.45, 7) is 11.1. The maximum atomic E-state index is 13.1. The average Bonchev–Trinajstić information content (AvgIpc) is 3.08. The molecule has 1 aliphatic heterocycles. The van der Waals surface area contributed by atoms with Gasteiger partial charge in [0.2, 0.25) is 5.91 Å². The summed E-state index contributed by atoms with van der Waals surface area (Å²) in [5.41, 5.74) is 5.56. The highest BCUT2D eigenvalue weighted by atomic mass is 35.5. The highest BCUT2D eigenvalue weighted by molar-refractivity contribution is 6.31. The second-order valence-electron chi connectivity index (χ2n) is 8.20. The number of carbonyl (C=O) groups is 1. The third-order valence-corrected chi connectivity index (χ3v) is 6.41. The summed E-state index contributed by atoms with van der Waals surface area (Å²) in [6, 6.07) is 15.7. The number of para-hydroxylation sites is 1. The summed E-state index contributed by atoms with van der Waals surface area (Å²) < 4.78 is 1.90. The van der Waals surface area contributed by atoms with Gasteiger partial charge in [0.25, 0.3) is 0 Å². The van der Waals surface area contributed by atoms with Crippen LogP contribution in [0.1, 0.15) is 23.9 Å². The van der Waals surface area contributed by atoms with Crippen LogP contribution >= 0.6 is 11.6 Å². The molecule has 3 aromatic rings. The van der Waals surface area contributed by atoms with Crippen LogP contribution in [0.5, 0.6) is 0 Å². The second-order valence-corrected chi connectivity index (χ2v) is 8.64. The minimum Gasteiger partial charge on any atom is -0.367 e. The zero-order valence-electron chi connectivity index (χ0n) is 18.9. The van der Waals surface area contributed by atoms with E-state index in [1.54, 1.807) is 0 Å². The minimum absolute atomic E-state index is 0.0699. The molecule has 6 nitrogen and oxygen atoms in total. The number of hydrogen-bond donors (Lipinski definition) is 1. The molecule has 7 heteroatoms. The molecule has 0 aliphatic carbocycles. The molecule has 0 radical (unpaired) electrons. The van der Waals surface area contributed by atoms with Gasteiger partial charge in [-0.15, -0.1) is 0 Å². The van der Waals surface area contributed by atoms with Crippen LogP contribution in [-0.2, 0) is 11.2 Å². The molecule has 1 N–H and O–H groups in total. The SMILES string of the molecule is CCN1CCN(c2ccc(Cl)cc2NC(=O)Cc2c(C)nn(-c3ccccc3)c2C)CC1. The van der Waals surface area contributed by atoms with Crippen LogP contribution in [0.2, 0.25) is 5.02 Å². The number of likely N-dealkylation sites (N-methyl/N-ethyl adjacent to an activating group) is 1. The first-order valence-electron chi connectivity index (χ1n) is 11.1. The number of nitrogens with zero attached hydrogens (tertiary/aromatic N) is 4. The van der Waals surface area contributed by atoms with Gasteiger partial charge in [-0.05, 0) is 50.7 Å². The summed E-state index contributed by atoms with van der Waals surface area (Å²) in [6.07, 6.45) is 0.264. The number of anilines is 2. The van der Waals surface area contributed by atoms with Gasteiger partial charge in [0.1, 0.15) is 0 Å². The lowest BCUT2D eigenvalue weighted by molar-refractivity contribution is -0.115. The number of nitrogens with one attached hydrogen (secondary N) is 1. The van der Waals surface area contributed by atoms with Crippen LogP contribution in [0, 0.1) is 13.8 Å². The second kappa shape index (κ2) is 9.76. The number of halogens is 1. The molecule has 168 valence electrons. The van der Waals surface area contributed by atoms with Crippen molar-refractivity contribution >= 4 is 28.9 Å². The average molecular weight is 452 g/mol. The Balaban J connectivity index is 1.52. The van der Waals surface area contributed by atoms with Crippen LogP contribution in [0.4, 0.5) is 11.4 Å². The maximum Gasteiger partial charge on any atom is 0.228 e. The largest absolute Gasteiger partial charge is 0.367 e. The van der Waals surface area contributed by atoms with Gasteiger partial charge >= 0.3 is 0 Å². The van der Waals surface area contributed by atoms with E-state index in [9.17, 15) is 4.79 Å². The number of amides is 1. The van der Waals surface area contributed by atoms with Crippen molar-refractivity contribution in [3.05, 3.63) is 70.5 Å². The van der Waals surface area contributed by atoms with E-state index in [-0.39, 0.29) is 12.3 Å². The molecule has 1 saturated heterocycles. The molecule has 0 atom stereocenters. The van der Waals surface area contributed by atoms with Crippen LogP contribution in [0.25, 0.3) is 5.69 Å². The van der Waals surface area contributed by atoms with Crippen LogP contribution < -0.4 is 10.2 Å². The molecule has 32 heavy (non-hydrogen) atoms. The van der Waals surface area contributed by atoms with Gasteiger partial charge in [-0.2, -0.15) is 5.10 Å². The van der Waals surface area contributed by atoms with E-state index in [2.05, 4.69) is 27.1 Å². The quantitative estimate of drug-likeness (QED) is 0.601. The lowest BCUT2D eigenvalue weighted by Crippen LogP contribution is -2.46. The van der Waals surface area contributed by atoms with Gasteiger partial charge < -0.3 is 15.1 Å². The van der Waals surface area contributed by atoms with Crippen LogP contribution in [-0.4, -0.2) is 53.3 Å². The van der Waals surface area contributed by atoms with E-state index in [0.29, 0.717) is 5.02 Å². The monoisotopic (exact) mass is 451 g/mol. The Labute approximate surface area is 194 Å². The standard InChI is InChI=1S/C25H30ClN5O/c1-4-29-12-14-30(15-13-29)24-11-10-20(26)16-23(24)27-25(32)17-22-18(2)28-31(19(22)3)21-8-6-5-7-9-21/h5-11,16H,4,12-15,17H2,1-3H3,(H,27,32). The Morgan fingerprint density at radius 3 is 2.47 bits per heavy atom. The van der Waals surface area contributed by atoms with Crippen molar-refractivity contribution < 1.29 is 4.79 Å². The van der Waals surface area contributed by atoms with Gasteiger partial charge in [-0.1, -0.05) is 36.7 Å². The number of carbonyl (C=O) groups excluding carboxylic acids is 1. The molecular formula is C25H30ClN5O. The first-order valence-corrected chi connectivity index (χ1v) is 11.5. The van der Waals surface area contributed by atoms with Gasteiger partial charge in [0.05, 0.1) is 29.2 Å². The lowest BCUT2D eigenvalue weighted by atomic mass is 10.1. The molecule has 2 aromatic carbocycles.